The zero-order chi connectivity index (χ0) is 13.0. The van der Waals surface area contributed by atoms with E-state index in [4.69, 9.17) is 17.3 Å². The number of rotatable bonds is 4. The quantitative estimate of drug-likeness (QED) is 0.886. The highest BCUT2D eigenvalue weighted by Gasteiger charge is 2.08. The molecule has 0 spiro atoms. The summed E-state index contributed by atoms with van der Waals surface area (Å²) in [7, 11) is 0. The molecule has 1 aromatic carbocycles. The van der Waals surface area contributed by atoms with Crippen LogP contribution in [0.5, 0.6) is 0 Å². The van der Waals surface area contributed by atoms with Crippen molar-refractivity contribution in [2.75, 3.05) is 11.1 Å². The molecule has 2 rings (SSSR count). The van der Waals surface area contributed by atoms with Gasteiger partial charge in [0, 0.05) is 16.3 Å². The maximum atomic E-state index is 5.95. The molecule has 3 N–H and O–H groups in total. The fraction of sp³-hybridized carbons (Fsp3) is 0.231. The molecule has 18 heavy (non-hydrogen) atoms. The number of nitrogens with zero attached hydrogens (tertiary/aromatic N) is 2. The Morgan fingerprint density at radius 1 is 1.33 bits per heavy atom. The van der Waals surface area contributed by atoms with E-state index in [1.807, 2.05) is 24.3 Å². The first-order valence-electron chi connectivity index (χ1n) is 5.82. The normalized spacial score (nSPS) is 10.3. The maximum Gasteiger partial charge on any atom is 0.139 e. The van der Waals surface area contributed by atoms with Crippen molar-refractivity contribution in [1.29, 1.82) is 0 Å². The van der Waals surface area contributed by atoms with E-state index in [0.717, 1.165) is 29.9 Å². The number of nitrogen functional groups attached to an aromatic ring is 1. The van der Waals surface area contributed by atoms with Crippen LogP contribution in [0.25, 0.3) is 0 Å². The van der Waals surface area contributed by atoms with Gasteiger partial charge in [-0.05, 0) is 24.6 Å². The molecule has 0 aliphatic heterocycles. The minimum atomic E-state index is 0.524. The highest BCUT2D eigenvalue weighted by atomic mass is 35.5. The van der Waals surface area contributed by atoms with Gasteiger partial charge in [0.05, 0.1) is 0 Å². The Hall–Kier alpha value is -1.81. The summed E-state index contributed by atoms with van der Waals surface area (Å²) in [6.45, 7) is 2.09. The zero-order valence-corrected chi connectivity index (χ0v) is 10.9. The minimum absolute atomic E-state index is 0.524. The Morgan fingerprint density at radius 3 is 2.89 bits per heavy atom. The molecule has 0 saturated heterocycles. The summed E-state index contributed by atoms with van der Waals surface area (Å²) in [5, 5.41) is 3.90. The standard InChI is InChI=1S/C13H15ClN4/c1-2-4-11-12(15)16-8-17-13(11)18-10-6-3-5-9(14)7-10/h3,5-8H,2,4H2,1H3,(H3,15,16,17,18). The highest BCUT2D eigenvalue weighted by Crippen LogP contribution is 2.24. The molecule has 0 saturated carbocycles. The van der Waals surface area contributed by atoms with E-state index in [0.29, 0.717) is 10.8 Å². The molecule has 94 valence electrons. The van der Waals surface area contributed by atoms with E-state index in [1.54, 1.807) is 0 Å². The number of aromatic nitrogens is 2. The molecule has 2 aromatic rings. The summed E-state index contributed by atoms with van der Waals surface area (Å²) in [5.74, 6) is 1.27. The summed E-state index contributed by atoms with van der Waals surface area (Å²) in [6, 6.07) is 7.48. The second-order valence-corrected chi connectivity index (χ2v) is 4.41. The van der Waals surface area contributed by atoms with Crippen molar-refractivity contribution in [3.8, 4) is 0 Å². The molecular weight excluding hydrogens is 248 g/mol. The monoisotopic (exact) mass is 262 g/mol. The van der Waals surface area contributed by atoms with Crippen LogP contribution in [0, 0.1) is 0 Å². The average molecular weight is 263 g/mol. The molecule has 1 heterocycles. The van der Waals surface area contributed by atoms with Crippen LogP contribution in [0.1, 0.15) is 18.9 Å². The fourth-order valence-corrected chi connectivity index (χ4v) is 1.92. The Kier molecular flexibility index (Phi) is 3.99. The molecular formula is C13H15ClN4. The van der Waals surface area contributed by atoms with Crippen molar-refractivity contribution in [3.63, 3.8) is 0 Å². The van der Waals surface area contributed by atoms with Gasteiger partial charge in [-0.25, -0.2) is 9.97 Å². The van der Waals surface area contributed by atoms with E-state index in [1.165, 1.54) is 6.33 Å². The number of anilines is 3. The fourth-order valence-electron chi connectivity index (χ4n) is 1.73. The van der Waals surface area contributed by atoms with Gasteiger partial charge in [-0.2, -0.15) is 0 Å². The van der Waals surface area contributed by atoms with Crippen molar-refractivity contribution in [2.24, 2.45) is 0 Å². The second-order valence-electron chi connectivity index (χ2n) is 3.97. The lowest BCUT2D eigenvalue weighted by Crippen LogP contribution is -2.05. The molecule has 4 nitrogen and oxygen atoms in total. The molecule has 5 heteroatoms. The summed E-state index contributed by atoms with van der Waals surface area (Å²) in [4.78, 5) is 8.26. The average Bonchev–Trinajstić information content (AvgIpc) is 2.34. The first kappa shape index (κ1) is 12.6. The predicted octanol–water partition coefficient (Wildman–Crippen LogP) is 3.41. The first-order chi connectivity index (χ1) is 8.70. The van der Waals surface area contributed by atoms with Crippen LogP contribution < -0.4 is 11.1 Å². The maximum absolute atomic E-state index is 5.95. The Bertz CT molecular complexity index is 542. The Labute approximate surface area is 111 Å². The van der Waals surface area contributed by atoms with Gasteiger partial charge in [0.15, 0.2) is 0 Å². The molecule has 0 unspecified atom stereocenters. The van der Waals surface area contributed by atoms with Crippen LogP contribution in [0.15, 0.2) is 30.6 Å². The lowest BCUT2D eigenvalue weighted by atomic mass is 10.1. The zero-order valence-electron chi connectivity index (χ0n) is 10.2. The van der Waals surface area contributed by atoms with E-state index in [-0.39, 0.29) is 0 Å². The van der Waals surface area contributed by atoms with E-state index < -0.39 is 0 Å². The van der Waals surface area contributed by atoms with Crippen molar-refractivity contribution in [1.82, 2.24) is 9.97 Å². The summed E-state index contributed by atoms with van der Waals surface area (Å²) < 4.78 is 0. The predicted molar refractivity (Wildman–Crippen MR) is 75.2 cm³/mol. The molecule has 0 fully saturated rings. The third-order valence-corrected chi connectivity index (χ3v) is 2.80. The van der Waals surface area contributed by atoms with Gasteiger partial charge in [0.1, 0.15) is 18.0 Å². The minimum Gasteiger partial charge on any atom is -0.383 e. The van der Waals surface area contributed by atoms with Crippen molar-refractivity contribution in [3.05, 3.63) is 41.2 Å². The molecule has 0 aliphatic carbocycles. The van der Waals surface area contributed by atoms with Crippen LogP contribution in [0.3, 0.4) is 0 Å². The molecule has 0 amide bonds. The van der Waals surface area contributed by atoms with Gasteiger partial charge >= 0.3 is 0 Å². The number of hydrogen-bond acceptors (Lipinski definition) is 4. The summed E-state index contributed by atoms with van der Waals surface area (Å²) >= 11 is 5.95. The van der Waals surface area contributed by atoms with E-state index in [9.17, 15) is 0 Å². The van der Waals surface area contributed by atoms with Crippen LogP contribution in [-0.2, 0) is 6.42 Å². The highest BCUT2D eigenvalue weighted by molar-refractivity contribution is 6.30. The van der Waals surface area contributed by atoms with E-state index in [2.05, 4.69) is 22.2 Å². The number of halogens is 1. The summed E-state index contributed by atoms with van der Waals surface area (Å²) in [6.07, 6.45) is 3.29. The van der Waals surface area contributed by atoms with Crippen LogP contribution in [-0.4, -0.2) is 9.97 Å². The van der Waals surface area contributed by atoms with Gasteiger partial charge in [-0.3, -0.25) is 0 Å². The second kappa shape index (κ2) is 5.69. The third kappa shape index (κ3) is 2.90. The Morgan fingerprint density at radius 2 is 2.17 bits per heavy atom. The van der Waals surface area contributed by atoms with Gasteiger partial charge < -0.3 is 11.1 Å². The lowest BCUT2D eigenvalue weighted by Gasteiger charge is -2.11. The van der Waals surface area contributed by atoms with Gasteiger partial charge in [0.25, 0.3) is 0 Å². The van der Waals surface area contributed by atoms with Gasteiger partial charge in [-0.15, -0.1) is 0 Å². The van der Waals surface area contributed by atoms with Crippen molar-refractivity contribution >= 4 is 28.9 Å². The van der Waals surface area contributed by atoms with Crippen LogP contribution >= 0.6 is 11.6 Å². The van der Waals surface area contributed by atoms with E-state index >= 15 is 0 Å². The Balaban J connectivity index is 2.31. The molecule has 0 atom stereocenters. The van der Waals surface area contributed by atoms with Crippen LogP contribution in [0.4, 0.5) is 17.3 Å². The lowest BCUT2D eigenvalue weighted by molar-refractivity contribution is 0.908. The number of benzene rings is 1. The van der Waals surface area contributed by atoms with Crippen molar-refractivity contribution in [2.45, 2.75) is 19.8 Å². The summed E-state index contributed by atoms with van der Waals surface area (Å²) in [5.41, 5.74) is 7.71. The smallest absolute Gasteiger partial charge is 0.139 e. The SMILES string of the molecule is CCCc1c(N)ncnc1Nc1cccc(Cl)c1. The van der Waals surface area contributed by atoms with Gasteiger partial charge in [0.2, 0.25) is 0 Å². The molecule has 0 aliphatic rings. The number of nitrogens with two attached hydrogens (primary N) is 1. The molecule has 0 bridgehead atoms. The molecule has 0 radical (unpaired) electrons. The van der Waals surface area contributed by atoms with Crippen molar-refractivity contribution < 1.29 is 0 Å². The molecule has 1 aromatic heterocycles. The van der Waals surface area contributed by atoms with Crippen LogP contribution in [0.2, 0.25) is 5.02 Å². The topological polar surface area (TPSA) is 63.8 Å². The van der Waals surface area contributed by atoms with Gasteiger partial charge in [-0.1, -0.05) is 31.0 Å². The number of nitrogens with one attached hydrogen (secondary N) is 1. The first-order valence-corrected chi connectivity index (χ1v) is 6.20. The largest absolute Gasteiger partial charge is 0.383 e. The third-order valence-electron chi connectivity index (χ3n) is 2.57. The number of hydrogen-bond donors (Lipinski definition) is 2.